The maximum Gasteiger partial charge on any atom is 0.408 e. The van der Waals surface area contributed by atoms with Gasteiger partial charge in [0.2, 0.25) is 5.56 Å². The van der Waals surface area contributed by atoms with Crippen LogP contribution in [0.2, 0.25) is 0 Å². The van der Waals surface area contributed by atoms with Gasteiger partial charge in [0, 0.05) is 24.5 Å². The Morgan fingerprint density at radius 1 is 0.893 bits per heavy atom. The van der Waals surface area contributed by atoms with Crippen LogP contribution in [0.5, 0.6) is 11.5 Å². The maximum absolute atomic E-state index is 13.2. The van der Waals surface area contributed by atoms with Gasteiger partial charge in [-0.15, -0.1) is 0 Å². The normalized spacial score (nSPS) is 18.6. The van der Waals surface area contributed by atoms with Crippen LogP contribution < -0.4 is 20.9 Å². The van der Waals surface area contributed by atoms with E-state index in [0.29, 0.717) is 46.7 Å². The number of carbonyl (C=O) groups excluding carboxylic acids is 2. The molecule has 1 amide bonds. The third-order valence-corrected chi connectivity index (χ3v) is 10.6. The van der Waals surface area contributed by atoms with Crippen LogP contribution in [-0.4, -0.2) is 77.6 Å². The topological polar surface area (TPSA) is 162 Å². The maximum atomic E-state index is 13.2. The molecule has 292 valence electrons. The summed E-state index contributed by atoms with van der Waals surface area (Å²) in [5.74, 6) is 0.608. The van der Waals surface area contributed by atoms with Gasteiger partial charge >= 0.3 is 12.1 Å². The zero-order valence-electron chi connectivity index (χ0n) is 31.2. The molecule has 4 heterocycles. The van der Waals surface area contributed by atoms with Gasteiger partial charge in [-0.1, -0.05) is 60.7 Å². The average Bonchev–Trinajstić information content (AvgIpc) is 3.23. The Kier molecular flexibility index (Phi) is 12.6. The van der Waals surface area contributed by atoms with Gasteiger partial charge in [-0.3, -0.25) is 9.69 Å². The molecule has 3 aliphatic heterocycles. The predicted octanol–water partition coefficient (Wildman–Crippen LogP) is 5.98. The highest BCUT2D eigenvalue weighted by Crippen LogP contribution is 2.31. The lowest BCUT2D eigenvalue weighted by atomic mass is 9.86. The van der Waals surface area contributed by atoms with Crippen molar-refractivity contribution in [3.63, 3.8) is 0 Å². The minimum Gasteiger partial charge on any atom is -0.506 e. The summed E-state index contributed by atoms with van der Waals surface area (Å²) in [6.45, 7) is 4.38. The first-order valence-electron chi connectivity index (χ1n) is 19.3. The number of aliphatic hydroxyl groups is 1. The number of ether oxygens (including phenoxy) is 3. The molecule has 12 nitrogen and oxygen atoms in total. The van der Waals surface area contributed by atoms with E-state index in [-0.39, 0.29) is 37.2 Å². The lowest BCUT2D eigenvalue weighted by Gasteiger charge is -2.43. The molecule has 3 fully saturated rings. The summed E-state index contributed by atoms with van der Waals surface area (Å²) < 4.78 is 17.6. The Morgan fingerprint density at radius 2 is 1.68 bits per heavy atom. The number of esters is 1. The number of benzene rings is 4. The third-order valence-electron chi connectivity index (χ3n) is 10.6. The summed E-state index contributed by atoms with van der Waals surface area (Å²) >= 11 is 0. The number of nitrogens with zero attached hydrogens (tertiary/aromatic N) is 1. The number of rotatable bonds is 16. The van der Waals surface area contributed by atoms with E-state index < -0.39 is 24.2 Å². The van der Waals surface area contributed by atoms with Crippen molar-refractivity contribution in [3.05, 3.63) is 141 Å². The van der Waals surface area contributed by atoms with Crippen molar-refractivity contribution in [2.24, 2.45) is 5.92 Å². The molecule has 3 atom stereocenters. The molecule has 8 rings (SSSR count). The van der Waals surface area contributed by atoms with Crippen LogP contribution in [0.1, 0.15) is 70.4 Å². The number of alkyl carbamates (subject to hydrolysis) is 1. The molecular formula is C44H48N4O8. The van der Waals surface area contributed by atoms with Gasteiger partial charge in [-0.05, 0) is 110 Å². The molecule has 12 heteroatoms. The van der Waals surface area contributed by atoms with E-state index in [1.165, 1.54) is 12.1 Å². The standard InChI is InChI=1S/C44H48N4O8/c49-37-17-15-35(36-16-18-40(51)46-42(36)37)38(50)26-45-21-4-5-24-54-43(52)32-13-11-29(12-14-32)28-55-34-10-6-9-33(25-34)41(31-7-2-1-3-8-31)47-44(53)56-39-27-48-22-19-30(39)20-23-48/h1-3,6-18,25,30,38-39,41,45,49-50H,4-5,19-24,26-28H2,(H,46,51)(H,47,53)/t38-,39-,41+/m0/s1. The first kappa shape index (κ1) is 38.6. The van der Waals surface area contributed by atoms with Crippen LogP contribution in [-0.2, 0) is 16.1 Å². The number of unbranched alkanes of at least 4 members (excludes halogenated alkanes) is 1. The van der Waals surface area contributed by atoms with Crippen molar-refractivity contribution in [2.45, 2.75) is 50.5 Å². The second-order valence-electron chi connectivity index (χ2n) is 14.5. The summed E-state index contributed by atoms with van der Waals surface area (Å²) in [4.78, 5) is 42.5. The van der Waals surface area contributed by atoms with E-state index in [1.54, 1.807) is 24.3 Å². The predicted molar refractivity (Wildman–Crippen MR) is 212 cm³/mol. The highest BCUT2D eigenvalue weighted by molar-refractivity contribution is 5.89. The SMILES string of the molecule is O=C(N[C@H](c1ccccc1)c1cccc(OCc2ccc(C(=O)OCCCCNC[C@H](O)c3ccc(O)c4[nH]c(=O)ccc34)cc2)c1)O[C@H]1CN2CCC1CC2. The molecule has 0 radical (unpaired) electrons. The number of aromatic amines is 1. The van der Waals surface area contributed by atoms with Crippen molar-refractivity contribution in [1.29, 1.82) is 0 Å². The second-order valence-corrected chi connectivity index (χ2v) is 14.5. The van der Waals surface area contributed by atoms with Crippen LogP contribution in [0.3, 0.4) is 0 Å². The number of hydrogen-bond acceptors (Lipinski definition) is 10. The van der Waals surface area contributed by atoms with E-state index in [1.807, 2.05) is 66.7 Å². The largest absolute Gasteiger partial charge is 0.506 e. The van der Waals surface area contributed by atoms with E-state index in [4.69, 9.17) is 14.2 Å². The molecule has 0 saturated carbocycles. The molecule has 0 aliphatic carbocycles. The Balaban J connectivity index is 0.844. The van der Waals surface area contributed by atoms with Crippen LogP contribution in [0, 0.1) is 5.92 Å². The molecular weight excluding hydrogens is 713 g/mol. The molecule has 5 N–H and O–H groups in total. The molecule has 0 spiro atoms. The summed E-state index contributed by atoms with van der Waals surface area (Å²) in [5, 5.41) is 27.7. The van der Waals surface area contributed by atoms with Crippen LogP contribution >= 0.6 is 0 Å². The summed E-state index contributed by atoms with van der Waals surface area (Å²) in [7, 11) is 0. The van der Waals surface area contributed by atoms with E-state index in [9.17, 15) is 24.6 Å². The molecule has 5 aromatic rings. The number of fused-ring (bicyclic) bond motifs is 4. The average molecular weight is 761 g/mol. The number of H-pyrrole nitrogens is 1. The molecule has 0 unspecified atom stereocenters. The second kappa shape index (κ2) is 18.3. The van der Waals surface area contributed by atoms with Crippen molar-refractivity contribution < 1.29 is 34.0 Å². The number of phenols is 1. The zero-order valence-corrected chi connectivity index (χ0v) is 31.2. The van der Waals surface area contributed by atoms with Gasteiger partial charge in [0.1, 0.15) is 24.2 Å². The fourth-order valence-electron chi connectivity index (χ4n) is 7.52. The quantitative estimate of drug-likeness (QED) is 0.0598. The summed E-state index contributed by atoms with van der Waals surface area (Å²) in [6.07, 6.45) is 2.15. The van der Waals surface area contributed by atoms with Gasteiger partial charge < -0.3 is 40.0 Å². The molecule has 1 aromatic heterocycles. The van der Waals surface area contributed by atoms with Crippen molar-refractivity contribution in [1.82, 2.24) is 20.5 Å². The van der Waals surface area contributed by atoms with Crippen LogP contribution in [0.4, 0.5) is 4.79 Å². The Labute approximate surface area is 325 Å². The van der Waals surface area contributed by atoms with Gasteiger partial charge in [0.25, 0.3) is 0 Å². The monoisotopic (exact) mass is 760 g/mol. The molecule has 4 aromatic carbocycles. The fraction of sp³-hybridized carbons (Fsp3) is 0.341. The highest BCUT2D eigenvalue weighted by atomic mass is 16.6. The summed E-state index contributed by atoms with van der Waals surface area (Å²) in [5.41, 5.74) is 3.69. The van der Waals surface area contributed by atoms with E-state index in [2.05, 4.69) is 20.5 Å². The Morgan fingerprint density at radius 3 is 2.45 bits per heavy atom. The number of amides is 1. The number of nitrogens with one attached hydrogen (secondary N) is 3. The van der Waals surface area contributed by atoms with Gasteiger partial charge in [0.05, 0.1) is 29.8 Å². The molecule has 3 aliphatic rings. The number of aromatic hydroxyl groups is 1. The lowest BCUT2D eigenvalue weighted by molar-refractivity contribution is -0.0336. The number of aliphatic hydroxyl groups excluding tert-OH is 1. The fourth-order valence-corrected chi connectivity index (χ4v) is 7.52. The third kappa shape index (κ3) is 9.75. The van der Waals surface area contributed by atoms with Crippen molar-refractivity contribution in [2.75, 3.05) is 39.3 Å². The first-order chi connectivity index (χ1) is 27.3. The number of hydrogen-bond donors (Lipinski definition) is 5. The van der Waals surface area contributed by atoms with Gasteiger partial charge in [-0.2, -0.15) is 0 Å². The number of carbonyl (C=O) groups is 2. The van der Waals surface area contributed by atoms with Crippen LogP contribution in [0.15, 0.2) is 108 Å². The molecule has 2 bridgehead atoms. The number of aromatic nitrogens is 1. The Hall–Kier alpha value is -5.69. The lowest BCUT2D eigenvalue weighted by Crippen LogP contribution is -2.52. The molecule has 3 saturated heterocycles. The van der Waals surface area contributed by atoms with Crippen molar-refractivity contribution >= 4 is 23.0 Å². The highest BCUT2D eigenvalue weighted by Gasteiger charge is 2.37. The van der Waals surface area contributed by atoms with Crippen LogP contribution in [0.25, 0.3) is 10.9 Å². The first-order valence-corrected chi connectivity index (χ1v) is 19.3. The molecule has 56 heavy (non-hydrogen) atoms. The number of phenolic OH excluding ortho intramolecular Hbond substituents is 1. The summed E-state index contributed by atoms with van der Waals surface area (Å²) in [6, 6.07) is 30.2. The van der Waals surface area contributed by atoms with Gasteiger partial charge in [0.15, 0.2) is 0 Å². The van der Waals surface area contributed by atoms with Gasteiger partial charge in [-0.25, -0.2) is 9.59 Å². The number of piperidine rings is 3. The smallest absolute Gasteiger partial charge is 0.408 e. The zero-order chi connectivity index (χ0) is 38.9. The van der Waals surface area contributed by atoms with E-state index in [0.717, 1.165) is 55.6 Å². The van der Waals surface area contributed by atoms with E-state index >= 15 is 0 Å². The minimum atomic E-state index is -0.841. The number of pyridine rings is 1. The minimum absolute atomic E-state index is 0.0542. The van der Waals surface area contributed by atoms with Crippen molar-refractivity contribution in [3.8, 4) is 11.5 Å². The Bertz CT molecular complexity index is 2150.